The molecule has 1 aromatic heterocycles. The lowest BCUT2D eigenvalue weighted by atomic mass is 10.1. The summed E-state index contributed by atoms with van der Waals surface area (Å²) in [6, 6.07) is 25.9. The lowest BCUT2D eigenvalue weighted by Gasteiger charge is -2.11. The molecule has 1 amide bonds. The van der Waals surface area contributed by atoms with E-state index >= 15 is 0 Å². The van der Waals surface area contributed by atoms with Gasteiger partial charge in [-0.05, 0) is 65.7 Å². The summed E-state index contributed by atoms with van der Waals surface area (Å²) in [6.07, 6.45) is 0. The number of furan rings is 1. The van der Waals surface area contributed by atoms with Gasteiger partial charge in [-0.3, -0.25) is 14.9 Å². The first-order chi connectivity index (χ1) is 18.3. The van der Waals surface area contributed by atoms with Crippen molar-refractivity contribution in [3.05, 3.63) is 123 Å². The fourth-order valence-corrected chi connectivity index (χ4v) is 4.08. The first-order valence-electron chi connectivity index (χ1n) is 11.6. The summed E-state index contributed by atoms with van der Waals surface area (Å²) in [4.78, 5) is 23.7. The number of carbonyl (C=O) groups is 1. The maximum atomic E-state index is 12.8. The molecule has 0 saturated heterocycles. The molecular weight excluding hydrogens is 508 g/mol. The maximum Gasteiger partial charge on any atom is 0.291 e. The van der Waals surface area contributed by atoms with E-state index in [2.05, 4.69) is 5.32 Å². The minimum absolute atomic E-state index is 0.0321. The standard InChI is InChI=1S/C29H21ClN2O6/c1-18-12-21(30)7-10-27(18)38-26-15-22(14-23(16-26)32(34)35)31-29(33)28-11-9-25(37-28)17-36-24-8-6-19-4-2-3-5-20(19)13-24/h2-16H,17H2,1H3,(H,31,33). The van der Waals surface area contributed by atoms with Crippen LogP contribution in [0.25, 0.3) is 10.8 Å². The predicted molar refractivity (Wildman–Crippen MR) is 144 cm³/mol. The second-order valence-corrected chi connectivity index (χ2v) is 8.94. The predicted octanol–water partition coefficient (Wildman–Crippen LogP) is 7.93. The summed E-state index contributed by atoms with van der Waals surface area (Å²) in [6.45, 7) is 1.93. The van der Waals surface area contributed by atoms with Gasteiger partial charge in [0, 0.05) is 17.2 Å². The number of amides is 1. The van der Waals surface area contributed by atoms with E-state index < -0.39 is 10.8 Å². The molecule has 0 bridgehead atoms. The fourth-order valence-electron chi connectivity index (χ4n) is 3.86. The normalized spacial score (nSPS) is 10.8. The third kappa shape index (κ3) is 5.77. The third-order valence-corrected chi connectivity index (χ3v) is 5.95. The summed E-state index contributed by atoms with van der Waals surface area (Å²) in [7, 11) is 0. The van der Waals surface area contributed by atoms with E-state index in [-0.39, 0.29) is 29.5 Å². The average molecular weight is 529 g/mol. The zero-order chi connectivity index (χ0) is 26.6. The molecule has 1 heterocycles. The molecule has 4 aromatic carbocycles. The van der Waals surface area contributed by atoms with Crippen molar-refractivity contribution in [2.24, 2.45) is 0 Å². The second-order valence-electron chi connectivity index (χ2n) is 8.50. The minimum Gasteiger partial charge on any atom is -0.486 e. The van der Waals surface area contributed by atoms with Gasteiger partial charge in [0.15, 0.2) is 5.76 Å². The Morgan fingerprint density at radius 3 is 2.55 bits per heavy atom. The molecule has 0 aliphatic rings. The number of fused-ring (bicyclic) bond motifs is 1. The maximum absolute atomic E-state index is 12.8. The molecule has 38 heavy (non-hydrogen) atoms. The zero-order valence-electron chi connectivity index (χ0n) is 20.1. The summed E-state index contributed by atoms with van der Waals surface area (Å²) >= 11 is 5.99. The van der Waals surface area contributed by atoms with Gasteiger partial charge in [0.25, 0.3) is 11.6 Å². The van der Waals surface area contributed by atoms with Crippen molar-refractivity contribution in [3.8, 4) is 17.2 Å². The van der Waals surface area contributed by atoms with Crippen LogP contribution in [0.2, 0.25) is 5.02 Å². The van der Waals surface area contributed by atoms with Crippen LogP contribution in [0.15, 0.2) is 95.4 Å². The van der Waals surface area contributed by atoms with Gasteiger partial charge in [-0.15, -0.1) is 0 Å². The number of halogens is 1. The van der Waals surface area contributed by atoms with Crippen LogP contribution in [0, 0.1) is 17.0 Å². The molecular formula is C29H21ClN2O6. The Morgan fingerprint density at radius 2 is 1.76 bits per heavy atom. The van der Waals surface area contributed by atoms with Gasteiger partial charge < -0.3 is 19.2 Å². The first-order valence-corrected chi connectivity index (χ1v) is 12.0. The molecule has 5 aromatic rings. The number of rotatable bonds is 8. The van der Waals surface area contributed by atoms with Crippen molar-refractivity contribution in [2.75, 3.05) is 5.32 Å². The van der Waals surface area contributed by atoms with E-state index in [9.17, 15) is 14.9 Å². The van der Waals surface area contributed by atoms with E-state index in [1.54, 1.807) is 31.2 Å². The zero-order valence-corrected chi connectivity index (χ0v) is 20.9. The summed E-state index contributed by atoms with van der Waals surface area (Å²) < 4.78 is 17.3. The Morgan fingerprint density at radius 1 is 0.947 bits per heavy atom. The van der Waals surface area contributed by atoms with Crippen molar-refractivity contribution in [1.29, 1.82) is 0 Å². The number of nitro benzene ring substituents is 1. The van der Waals surface area contributed by atoms with Crippen molar-refractivity contribution >= 4 is 39.7 Å². The van der Waals surface area contributed by atoms with E-state index in [0.717, 1.165) is 16.3 Å². The highest BCUT2D eigenvalue weighted by molar-refractivity contribution is 6.30. The average Bonchev–Trinajstić information content (AvgIpc) is 3.38. The minimum atomic E-state index is -0.573. The van der Waals surface area contributed by atoms with Crippen LogP contribution in [0.4, 0.5) is 11.4 Å². The van der Waals surface area contributed by atoms with Crippen molar-refractivity contribution in [3.63, 3.8) is 0 Å². The SMILES string of the molecule is Cc1cc(Cl)ccc1Oc1cc(NC(=O)c2ccc(COc3ccc4ccccc4c3)o2)cc([N+](=O)[O-])c1. The number of nitrogens with one attached hydrogen (secondary N) is 1. The number of hydrogen-bond donors (Lipinski definition) is 1. The van der Waals surface area contributed by atoms with Crippen molar-refractivity contribution in [1.82, 2.24) is 0 Å². The number of carbonyl (C=O) groups excluding carboxylic acids is 1. The van der Waals surface area contributed by atoms with Crippen LogP contribution >= 0.6 is 11.6 Å². The molecule has 5 rings (SSSR count). The molecule has 8 nitrogen and oxygen atoms in total. The van der Waals surface area contributed by atoms with Gasteiger partial charge in [0.2, 0.25) is 0 Å². The number of ether oxygens (including phenoxy) is 2. The van der Waals surface area contributed by atoms with E-state index in [1.165, 1.54) is 24.3 Å². The Kier molecular flexibility index (Phi) is 6.97. The van der Waals surface area contributed by atoms with Crippen LogP contribution in [-0.2, 0) is 6.61 Å². The number of anilines is 1. The van der Waals surface area contributed by atoms with Crippen LogP contribution in [0.3, 0.4) is 0 Å². The molecule has 1 N–H and O–H groups in total. The van der Waals surface area contributed by atoms with Gasteiger partial charge >= 0.3 is 0 Å². The Hall–Kier alpha value is -4.82. The van der Waals surface area contributed by atoms with Crippen LogP contribution in [0.5, 0.6) is 17.2 Å². The Bertz CT molecular complexity index is 1660. The van der Waals surface area contributed by atoms with Crippen LogP contribution < -0.4 is 14.8 Å². The second kappa shape index (κ2) is 10.7. The van der Waals surface area contributed by atoms with E-state index in [0.29, 0.717) is 22.3 Å². The molecule has 0 aliphatic heterocycles. The molecule has 0 fully saturated rings. The fraction of sp³-hybridized carbons (Fsp3) is 0.0690. The van der Waals surface area contributed by atoms with Gasteiger partial charge in [-0.2, -0.15) is 0 Å². The highest BCUT2D eigenvalue weighted by atomic mass is 35.5. The number of nitro groups is 1. The van der Waals surface area contributed by atoms with E-state index in [1.807, 2.05) is 42.5 Å². The van der Waals surface area contributed by atoms with Gasteiger partial charge in [-0.1, -0.05) is 41.9 Å². The van der Waals surface area contributed by atoms with Gasteiger partial charge in [0.05, 0.1) is 16.7 Å². The molecule has 0 spiro atoms. The quantitative estimate of drug-likeness (QED) is 0.162. The number of benzene rings is 4. The lowest BCUT2D eigenvalue weighted by Crippen LogP contribution is -2.11. The first kappa shape index (κ1) is 24.9. The Labute approximate surface area is 222 Å². The largest absolute Gasteiger partial charge is 0.486 e. The van der Waals surface area contributed by atoms with Crippen LogP contribution in [-0.4, -0.2) is 10.8 Å². The van der Waals surface area contributed by atoms with Gasteiger partial charge in [-0.25, -0.2) is 0 Å². The van der Waals surface area contributed by atoms with E-state index in [4.69, 9.17) is 25.5 Å². The number of nitrogens with zero attached hydrogens (tertiary/aromatic N) is 1. The smallest absolute Gasteiger partial charge is 0.291 e. The summed E-state index contributed by atoms with van der Waals surface area (Å²) in [5.74, 6) is 1.24. The van der Waals surface area contributed by atoms with Gasteiger partial charge in [0.1, 0.15) is 29.6 Å². The number of hydrogen-bond acceptors (Lipinski definition) is 6. The number of non-ortho nitro benzene ring substituents is 1. The summed E-state index contributed by atoms with van der Waals surface area (Å²) in [5, 5.41) is 16.8. The molecule has 9 heteroatoms. The molecule has 0 aliphatic carbocycles. The molecule has 0 unspecified atom stereocenters. The molecule has 0 atom stereocenters. The Balaban J connectivity index is 1.28. The lowest BCUT2D eigenvalue weighted by molar-refractivity contribution is -0.384. The molecule has 0 saturated carbocycles. The van der Waals surface area contributed by atoms with Crippen molar-refractivity contribution < 1.29 is 23.6 Å². The highest BCUT2D eigenvalue weighted by Crippen LogP contribution is 2.32. The molecule has 0 radical (unpaired) electrons. The summed E-state index contributed by atoms with van der Waals surface area (Å²) in [5.41, 5.74) is 0.688. The van der Waals surface area contributed by atoms with Crippen molar-refractivity contribution in [2.45, 2.75) is 13.5 Å². The third-order valence-electron chi connectivity index (χ3n) is 5.71. The topological polar surface area (TPSA) is 104 Å². The van der Waals surface area contributed by atoms with Crippen LogP contribution in [0.1, 0.15) is 21.9 Å². The monoisotopic (exact) mass is 528 g/mol. The highest BCUT2D eigenvalue weighted by Gasteiger charge is 2.17. The number of aryl methyl sites for hydroxylation is 1. The molecule has 190 valence electrons.